The minimum atomic E-state index is 0.680. The largest absolute Gasteiger partial charge is 0.370 e. The number of rotatable bonds is 6. The molecule has 2 aromatic heterocycles. The first kappa shape index (κ1) is 17.2. The SMILES string of the molecule is Cc1csc(CCCCN=C(N)N2CCN(c3nccs3)CC2)n1. The molecule has 24 heavy (non-hydrogen) atoms. The van der Waals surface area contributed by atoms with Crippen molar-refractivity contribution in [1.82, 2.24) is 14.9 Å². The normalized spacial score (nSPS) is 16.0. The summed E-state index contributed by atoms with van der Waals surface area (Å²) in [5, 5.41) is 6.45. The lowest BCUT2D eigenvalue weighted by Gasteiger charge is -2.35. The van der Waals surface area contributed by atoms with Crippen LogP contribution in [-0.4, -0.2) is 53.6 Å². The molecular weight excluding hydrogens is 340 g/mol. The van der Waals surface area contributed by atoms with Crippen LogP contribution in [0.2, 0.25) is 0 Å². The van der Waals surface area contributed by atoms with Gasteiger partial charge in [-0.25, -0.2) is 9.97 Å². The molecule has 0 spiro atoms. The quantitative estimate of drug-likeness (QED) is 0.484. The number of guanidine groups is 1. The van der Waals surface area contributed by atoms with Crippen molar-refractivity contribution in [2.24, 2.45) is 10.7 Å². The van der Waals surface area contributed by atoms with Crippen molar-refractivity contribution in [2.75, 3.05) is 37.6 Å². The van der Waals surface area contributed by atoms with E-state index in [9.17, 15) is 0 Å². The van der Waals surface area contributed by atoms with Crippen LogP contribution in [0.15, 0.2) is 21.9 Å². The van der Waals surface area contributed by atoms with Gasteiger partial charge in [0, 0.05) is 55.4 Å². The zero-order valence-corrected chi connectivity index (χ0v) is 15.7. The first-order valence-corrected chi connectivity index (χ1v) is 10.1. The van der Waals surface area contributed by atoms with E-state index in [0.29, 0.717) is 5.96 Å². The van der Waals surface area contributed by atoms with Crippen LogP contribution < -0.4 is 10.6 Å². The van der Waals surface area contributed by atoms with Crippen LogP contribution in [0, 0.1) is 6.92 Å². The fourth-order valence-electron chi connectivity index (χ4n) is 2.70. The van der Waals surface area contributed by atoms with Gasteiger partial charge in [-0.15, -0.1) is 22.7 Å². The third-order valence-corrected chi connectivity index (χ3v) is 5.89. The van der Waals surface area contributed by atoms with E-state index in [4.69, 9.17) is 5.73 Å². The summed E-state index contributed by atoms with van der Waals surface area (Å²) in [4.78, 5) is 17.9. The number of hydrogen-bond donors (Lipinski definition) is 1. The summed E-state index contributed by atoms with van der Waals surface area (Å²) in [6.45, 7) is 6.56. The van der Waals surface area contributed by atoms with Gasteiger partial charge in [-0.1, -0.05) is 0 Å². The minimum absolute atomic E-state index is 0.680. The lowest BCUT2D eigenvalue weighted by Crippen LogP contribution is -2.51. The van der Waals surface area contributed by atoms with E-state index in [1.165, 1.54) is 5.01 Å². The fourth-order valence-corrected chi connectivity index (χ4v) is 4.21. The van der Waals surface area contributed by atoms with Gasteiger partial charge in [0.1, 0.15) is 0 Å². The summed E-state index contributed by atoms with van der Waals surface area (Å²) in [5.41, 5.74) is 7.26. The Morgan fingerprint density at radius 1 is 1.25 bits per heavy atom. The van der Waals surface area contributed by atoms with Crippen molar-refractivity contribution in [1.29, 1.82) is 0 Å². The van der Waals surface area contributed by atoms with Crippen LogP contribution in [0.1, 0.15) is 23.5 Å². The van der Waals surface area contributed by atoms with Gasteiger partial charge in [-0.2, -0.15) is 0 Å². The van der Waals surface area contributed by atoms with E-state index < -0.39 is 0 Å². The summed E-state index contributed by atoms with van der Waals surface area (Å²) in [6.07, 6.45) is 5.07. The van der Waals surface area contributed by atoms with E-state index in [0.717, 1.165) is 62.8 Å². The number of thiazole rings is 2. The molecule has 0 aromatic carbocycles. The average Bonchev–Trinajstić information content (AvgIpc) is 3.26. The molecule has 0 aliphatic carbocycles. The van der Waals surface area contributed by atoms with Gasteiger partial charge < -0.3 is 15.5 Å². The van der Waals surface area contributed by atoms with Gasteiger partial charge in [0.2, 0.25) is 0 Å². The van der Waals surface area contributed by atoms with Crippen molar-refractivity contribution in [3.8, 4) is 0 Å². The van der Waals surface area contributed by atoms with E-state index in [1.807, 2.05) is 18.5 Å². The van der Waals surface area contributed by atoms with E-state index in [-0.39, 0.29) is 0 Å². The monoisotopic (exact) mass is 364 g/mol. The molecule has 2 N–H and O–H groups in total. The van der Waals surface area contributed by atoms with Gasteiger partial charge in [0.15, 0.2) is 11.1 Å². The molecule has 2 aromatic rings. The maximum absolute atomic E-state index is 6.14. The Labute approximate surface area is 151 Å². The van der Waals surface area contributed by atoms with Crippen molar-refractivity contribution in [3.63, 3.8) is 0 Å². The number of nitrogens with zero attached hydrogens (tertiary/aromatic N) is 5. The highest BCUT2D eigenvalue weighted by Gasteiger charge is 2.19. The first-order valence-electron chi connectivity index (χ1n) is 8.32. The molecule has 1 aliphatic rings. The number of unbranched alkanes of at least 4 members (excludes halogenated alkanes) is 1. The average molecular weight is 365 g/mol. The van der Waals surface area contributed by atoms with Crippen molar-refractivity contribution in [2.45, 2.75) is 26.2 Å². The predicted molar refractivity (Wildman–Crippen MR) is 102 cm³/mol. The molecule has 6 nitrogen and oxygen atoms in total. The number of nitrogens with two attached hydrogens (primary N) is 1. The molecule has 8 heteroatoms. The summed E-state index contributed by atoms with van der Waals surface area (Å²) >= 11 is 3.44. The Morgan fingerprint density at radius 2 is 2.08 bits per heavy atom. The molecule has 0 radical (unpaired) electrons. The standard InChI is InChI=1S/C16H24N6S2/c1-13-12-24-14(20-13)4-2-3-5-18-15(17)21-7-9-22(10-8-21)16-19-6-11-23-16/h6,11-12H,2-5,7-10H2,1H3,(H2,17,18). The molecule has 1 fully saturated rings. The Balaban J connectivity index is 1.35. The third-order valence-electron chi connectivity index (χ3n) is 4.03. The van der Waals surface area contributed by atoms with Crippen molar-refractivity contribution >= 4 is 33.8 Å². The maximum atomic E-state index is 6.14. The van der Waals surface area contributed by atoms with Crippen LogP contribution in [0.5, 0.6) is 0 Å². The summed E-state index contributed by atoms with van der Waals surface area (Å²) in [6, 6.07) is 0. The highest BCUT2D eigenvalue weighted by molar-refractivity contribution is 7.13. The number of piperazine rings is 1. The highest BCUT2D eigenvalue weighted by Crippen LogP contribution is 2.18. The number of aryl methyl sites for hydroxylation is 2. The zero-order valence-electron chi connectivity index (χ0n) is 14.0. The molecule has 130 valence electrons. The molecule has 0 saturated carbocycles. The molecule has 0 atom stereocenters. The predicted octanol–water partition coefficient (Wildman–Crippen LogP) is 2.37. The number of aromatic nitrogens is 2. The summed E-state index contributed by atoms with van der Waals surface area (Å²) in [5.74, 6) is 0.680. The lowest BCUT2D eigenvalue weighted by molar-refractivity contribution is 0.380. The van der Waals surface area contributed by atoms with Crippen molar-refractivity contribution < 1.29 is 0 Å². The van der Waals surface area contributed by atoms with Crippen LogP contribution in [0.3, 0.4) is 0 Å². The lowest BCUT2D eigenvalue weighted by atomic mass is 10.2. The maximum Gasteiger partial charge on any atom is 0.191 e. The molecule has 1 aliphatic heterocycles. The second kappa shape index (κ2) is 8.43. The smallest absolute Gasteiger partial charge is 0.191 e. The van der Waals surface area contributed by atoms with Gasteiger partial charge in [-0.05, 0) is 26.2 Å². The van der Waals surface area contributed by atoms with Gasteiger partial charge in [0.05, 0.1) is 5.01 Å². The molecule has 1 saturated heterocycles. The van der Waals surface area contributed by atoms with Gasteiger partial charge in [0.25, 0.3) is 0 Å². The van der Waals surface area contributed by atoms with Crippen LogP contribution in [0.25, 0.3) is 0 Å². The topological polar surface area (TPSA) is 70.6 Å². The summed E-state index contributed by atoms with van der Waals surface area (Å²) in [7, 11) is 0. The molecule has 0 bridgehead atoms. The van der Waals surface area contributed by atoms with Crippen molar-refractivity contribution in [3.05, 3.63) is 27.7 Å². The fraction of sp³-hybridized carbons (Fsp3) is 0.562. The van der Waals surface area contributed by atoms with Gasteiger partial charge in [-0.3, -0.25) is 4.99 Å². The number of hydrogen-bond acceptors (Lipinski definition) is 6. The van der Waals surface area contributed by atoms with Crippen LogP contribution >= 0.6 is 22.7 Å². The molecular formula is C16H24N6S2. The zero-order chi connectivity index (χ0) is 16.8. The Kier molecular flexibility index (Phi) is 6.03. The molecule has 0 unspecified atom stereocenters. The van der Waals surface area contributed by atoms with E-state index in [1.54, 1.807) is 22.7 Å². The first-order chi connectivity index (χ1) is 11.7. The second-order valence-electron chi connectivity index (χ2n) is 5.87. The number of aliphatic imine (C=N–C) groups is 1. The minimum Gasteiger partial charge on any atom is -0.370 e. The Hall–Kier alpha value is -1.67. The highest BCUT2D eigenvalue weighted by atomic mass is 32.1. The Morgan fingerprint density at radius 3 is 2.75 bits per heavy atom. The second-order valence-corrected chi connectivity index (χ2v) is 7.68. The van der Waals surface area contributed by atoms with E-state index >= 15 is 0 Å². The summed E-state index contributed by atoms with van der Waals surface area (Å²) < 4.78 is 0. The van der Waals surface area contributed by atoms with Crippen LogP contribution in [0.4, 0.5) is 5.13 Å². The van der Waals surface area contributed by atoms with E-state index in [2.05, 4.69) is 30.1 Å². The van der Waals surface area contributed by atoms with Gasteiger partial charge >= 0.3 is 0 Å². The van der Waals surface area contributed by atoms with Crippen LogP contribution in [-0.2, 0) is 6.42 Å². The molecule has 3 rings (SSSR count). The Bertz CT molecular complexity index is 643. The third kappa shape index (κ3) is 4.67. The number of anilines is 1. The molecule has 3 heterocycles. The molecule has 0 amide bonds.